The fraction of sp³-hybridized carbons (Fsp3) is 0.105. The predicted octanol–water partition coefficient (Wildman–Crippen LogP) is 5.28. The highest BCUT2D eigenvalue weighted by Gasteiger charge is 2.14. The Morgan fingerprint density at radius 1 is 1.12 bits per heavy atom. The van der Waals surface area contributed by atoms with Crippen molar-refractivity contribution in [3.8, 4) is 22.6 Å². The molecule has 26 heavy (non-hydrogen) atoms. The second-order valence-corrected chi connectivity index (χ2v) is 6.20. The van der Waals surface area contributed by atoms with Gasteiger partial charge in [-0.05, 0) is 47.3 Å². The van der Waals surface area contributed by atoms with Crippen LogP contribution in [0.25, 0.3) is 11.1 Å². The first-order valence-electron chi connectivity index (χ1n) is 7.65. The van der Waals surface area contributed by atoms with Crippen LogP contribution in [-0.4, -0.2) is 19.6 Å². The summed E-state index contributed by atoms with van der Waals surface area (Å²) in [4.78, 5) is 12.8. The number of hydrogen-bond donors (Lipinski definition) is 1. The van der Waals surface area contributed by atoms with E-state index in [1.807, 2.05) is 0 Å². The highest BCUT2D eigenvalue weighted by atomic mass is 32.1. The minimum absolute atomic E-state index is 0.0271. The maximum absolute atomic E-state index is 12.7. The highest BCUT2D eigenvalue weighted by Crippen LogP contribution is 2.34. The van der Waals surface area contributed by atoms with Crippen LogP contribution in [0.3, 0.4) is 0 Å². The van der Waals surface area contributed by atoms with Crippen molar-refractivity contribution in [1.82, 2.24) is 0 Å². The Hall–Kier alpha value is -2.93. The van der Waals surface area contributed by atoms with Gasteiger partial charge >= 0.3 is 6.61 Å². The second-order valence-electron chi connectivity index (χ2n) is 5.25. The van der Waals surface area contributed by atoms with Crippen molar-refractivity contribution >= 4 is 22.9 Å². The van der Waals surface area contributed by atoms with Crippen molar-refractivity contribution in [2.75, 3.05) is 12.4 Å². The van der Waals surface area contributed by atoms with Crippen molar-refractivity contribution in [1.29, 1.82) is 0 Å². The topological polar surface area (TPSA) is 47.6 Å². The molecule has 1 aromatic heterocycles. The van der Waals surface area contributed by atoms with Crippen molar-refractivity contribution < 1.29 is 23.0 Å². The number of halogens is 2. The molecule has 0 atom stereocenters. The largest absolute Gasteiger partial charge is 0.497 e. The molecular weight excluding hydrogens is 360 g/mol. The molecule has 0 radical (unpaired) electrons. The zero-order chi connectivity index (χ0) is 18.5. The number of thiophene rings is 1. The summed E-state index contributed by atoms with van der Waals surface area (Å²) in [5.74, 6) is 0.412. The number of alkyl halides is 2. The SMILES string of the molecule is COc1ccc(-c2cc(NC(=O)c3cccs3)ccc2OC(F)F)cc1. The molecule has 4 nitrogen and oxygen atoms in total. The number of nitrogens with one attached hydrogen (secondary N) is 1. The quantitative estimate of drug-likeness (QED) is 0.638. The number of ether oxygens (including phenoxy) is 2. The lowest BCUT2D eigenvalue weighted by Gasteiger charge is -2.14. The van der Waals surface area contributed by atoms with Crippen LogP contribution >= 0.6 is 11.3 Å². The molecule has 0 saturated carbocycles. The van der Waals surface area contributed by atoms with E-state index < -0.39 is 6.61 Å². The summed E-state index contributed by atoms with van der Waals surface area (Å²) < 4.78 is 35.2. The summed E-state index contributed by atoms with van der Waals surface area (Å²) in [5.41, 5.74) is 1.58. The third-order valence-electron chi connectivity index (χ3n) is 3.60. The van der Waals surface area contributed by atoms with Crippen LogP contribution in [0.15, 0.2) is 60.0 Å². The van der Waals surface area contributed by atoms with Crippen LogP contribution in [0.2, 0.25) is 0 Å². The number of amides is 1. The molecule has 1 N–H and O–H groups in total. The highest BCUT2D eigenvalue weighted by molar-refractivity contribution is 7.12. The van der Waals surface area contributed by atoms with E-state index in [1.165, 1.54) is 23.5 Å². The predicted molar refractivity (Wildman–Crippen MR) is 97.3 cm³/mol. The summed E-state index contributed by atoms with van der Waals surface area (Å²) in [6, 6.07) is 14.9. The third-order valence-corrected chi connectivity index (χ3v) is 4.47. The van der Waals surface area contributed by atoms with Gasteiger partial charge in [0, 0.05) is 11.3 Å². The average Bonchev–Trinajstić information content (AvgIpc) is 3.17. The van der Waals surface area contributed by atoms with Crippen molar-refractivity contribution in [3.05, 3.63) is 64.9 Å². The molecule has 0 aliphatic rings. The summed E-state index contributed by atoms with van der Waals surface area (Å²) in [6.07, 6.45) is 0. The Kier molecular flexibility index (Phi) is 5.48. The van der Waals surface area contributed by atoms with Crippen LogP contribution in [0.1, 0.15) is 9.67 Å². The first-order valence-corrected chi connectivity index (χ1v) is 8.53. The molecular formula is C19H15F2NO3S. The lowest BCUT2D eigenvalue weighted by atomic mass is 10.0. The van der Waals surface area contributed by atoms with Crippen molar-refractivity contribution in [2.24, 2.45) is 0 Å². The van der Waals surface area contributed by atoms with Gasteiger partial charge in [-0.1, -0.05) is 18.2 Å². The third kappa shape index (κ3) is 4.18. The van der Waals surface area contributed by atoms with E-state index in [-0.39, 0.29) is 11.7 Å². The van der Waals surface area contributed by atoms with Gasteiger partial charge in [-0.2, -0.15) is 8.78 Å². The number of hydrogen-bond acceptors (Lipinski definition) is 4. The normalized spacial score (nSPS) is 10.6. The van der Waals surface area contributed by atoms with Gasteiger partial charge in [0.05, 0.1) is 12.0 Å². The molecule has 0 fully saturated rings. The molecule has 7 heteroatoms. The maximum Gasteiger partial charge on any atom is 0.387 e. The zero-order valence-electron chi connectivity index (χ0n) is 13.7. The Labute approximate surface area is 153 Å². The van der Waals surface area contributed by atoms with E-state index in [1.54, 1.807) is 55.0 Å². The van der Waals surface area contributed by atoms with Crippen LogP contribution in [-0.2, 0) is 0 Å². The number of carbonyl (C=O) groups excluding carboxylic acids is 1. The zero-order valence-corrected chi connectivity index (χ0v) is 14.6. The van der Waals surface area contributed by atoms with Gasteiger partial charge in [-0.25, -0.2) is 0 Å². The van der Waals surface area contributed by atoms with Gasteiger partial charge < -0.3 is 14.8 Å². The number of rotatable bonds is 6. The first-order chi connectivity index (χ1) is 12.6. The van der Waals surface area contributed by atoms with Gasteiger partial charge in [0.1, 0.15) is 11.5 Å². The molecule has 0 saturated heterocycles. The van der Waals surface area contributed by atoms with E-state index in [0.717, 1.165) is 0 Å². The number of anilines is 1. The van der Waals surface area contributed by atoms with Gasteiger partial charge in [-0.3, -0.25) is 4.79 Å². The smallest absolute Gasteiger partial charge is 0.387 e. The molecule has 1 heterocycles. The molecule has 0 bridgehead atoms. The monoisotopic (exact) mass is 375 g/mol. The Bertz CT molecular complexity index is 880. The molecule has 134 valence electrons. The summed E-state index contributed by atoms with van der Waals surface area (Å²) in [6.45, 7) is -2.95. The molecule has 0 unspecified atom stereocenters. The van der Waals surface area contributed by atoms with Gasteiger partial charge in [0.25, 0.3) is 5.91 Å². The molecule has 3 rings (SSSR count). The lowest BCUT2D eigenvalue weighted by molar-refractivity contribution is -0.0494. The molecule has 1 amide bonds. The minimum atomic E-state index is -2.95. The van der Waals surface area contributed by atoms with E-state index in [4.69, 9.17) is 4.74 Å². The Morgan fingerprint density at radius 2 is 1.88 bits per heavy atom. The van der Waals surface area contributed by atoms with Crippen LogP contribution in [0.5, 0.6) is 11.5 Å². The standard InChI is InChI=1S/C19H15F2NO3S/c1-24-14-7-4-12(5-8-14)15-11-13(6-9-16(15)25-19(20)21)22-18(23)17-3-2-10-26-17/h2-11,19H,1H3,(H,22,23). The summed E-state index contributed by atoms with van der Waals surface area (Å²) >= 11 is 1.32. The van der Waals surface area contributed by atoms with Crippen LogP contribution < -0.4 is 14.8 Å². The maximum atomic E-state index is 12.7. The van der Waals surface area contributed by atoms with Gasteiger partial charge in [0.15, 0.2) is 0 Å². The Balaban J connectivity index is 1.94. The van der Waals surface area contributed by atoms with E-state index in [0.29, 0.717) is 27.4 Å². The molecule has 0 aliphatic carbocycles. The summed E-state index contributed by atoms with van der Waals surface area (Å²) in [7, 11) is 1.54. The van der Waals surface area contributed by atoms with Crippen molar-refractivity contribution in [2.45, 2.75) is 6.61 Å². The molecule has 2 aromatic carbocycles. The summed E-state index contributed by atoms with van der Waals surface area (Å²) in [5, 5.41) is 4.56. The van der Waals surface area contributed by atoms with Gasteiger partial charge in [-0.15, -0.1) is 11.3 Å². The lowest BCUT2D eigenvalue weighted by Crippen LogP contribution is -2.10. The van der Waals surface area contributed by atoms with Crippen LogP contribution in [0, 0.1) is 0 Å². The first kappa shape index (κ1) is 17.9. The minimum Gasteiger partial charge on any atom is -0.497 e. The average molecular weight is 375 g/mol. The molecule has 0 aliphatic heterocycles. The van der Waals surface area contributed by atoms with E-state index in [2.05, 4.69) is 10.1 Å². The molecule has 0 spiro atoms. The van der Waals surface area contributed by atoms with E-state index >= 15 is 0 Å². The Morgan fingerprint density at radius 3 is 2.50 bits per heavy atom. The van der Waals surface area contributed by atoms with E-state index in [9.17, 15) is 13.6 Å². The fourth-order valence-electron chi connectivity index (χ4n) is 2.40. The number of carbonyl (C=O) groups is 1. The van der Waals surface area contributed by atoms with Crippen LogP contribution in [0.4, 0.5) is 14.5 Å². The number of benzene rings is 2. The fourth-order valence-corrected chi connectivity index (χ4v) is 3.02. The number of methoxy groups -OCH3 is 1. The van der Waals surface area contributed by atoms with Gasteiger partial charge in [0.2, 0.25) is 0 Å². The molecule has 3 aromatic rings. The van der Waals surface area contributed by atoms with Crippen molar-refractivity contribution in [3.63, 3.8) is 0 Å². The second kappa shape index (κ2) is 7.97.